The molecule has 1 aliphatic rings. The van der Waals surface area contributed by atoms with Gasteiger partial charge in [0, 0.05) is 29.0 Å². The molecule has 0 fully saturated rings. The number of hydrogen-bond donors (Lipinski definition) is 0. The number of ketones is 3. The fourth-order valence-electron chi connectivity index (χ4n) is 3.64. The summed E-state index contributed by atoms with van der Waals surface area (Å²) in [7, 11) is 0. The van der Waals surface area contributed by atoms with Crippen molar-refractivity contribution in [3.63, 3.8) is 0 Å². The molecule has 142 valence electrons. The Labute approximate surface area is 166 Å². The van der Waals surface area contributed by atoms with Crippen molar-refractivity contribution in [3.05, 3.63) is 82.9 Å². The van der Waals surface area contributed by atoms with Crippen molar-refractivity contribution in [2.24, 2.45) is 0 Å². The SMILES string of the molecule is CC(=O)Oc1c(C2=CC(=O)C(=O)c3ccccc32)cc(C(C)=O)c2ccccc12. The van der Waals surface area contributed by atoms with Gasteiger partial charge in [-0.15, -0.1) is 0 Å². The molecule has 5 nitrogen and oxygen atoms in total. The Kier molecular flexibility index (Phi) is 4.43. The van der Waals surface area contributed by atoms with Gasteiger partial charge in [0.1, 0.15) is 5.75 Å². The van der Waals surface area contributed by atoms with E-state index in [-0.39, 0.29) is 17.1 Å². The number of allylic oxidation sites excluding steroid dienone is 1. The van der Waals surface area contributed by atoms with Crippen LogP contribution in [0.2, 0.25) is 0 Å². The molecule has 0 unspecified atom stereocenters. The highest BCUT2D eigenvalue weighted by atomic mass is 16.5. The Hall–Kier alpha value is -3.86. The molecule has 3 aromatic carbocycles. The van der Waals surface area contributed by atoms with Gasteiger partial charge < -0.3 is 4.74 Å². The van der Waals surface area contributed by atoms with Crippen LogP contribution in [-0.4, -0.2) is 23.3 Å². The smallest absolute Gasteiger partial charge is 0.308 e. The molecule has 0 atom stereocenters. The molecule has 0 amide bonds. The van der Waals surface area contributed by atoms with Gasteiger partial charge in [0.2, 0.25) is 11.6 Å². The van der Waals surface area contributed by atoms with E-state index in [1.807, 2.05) is 0 Å². The Morgan fingerprint density at radius 1 is 0.793 bits per heavy atom. The zero-order valence-corrected chi connectivity index (χ0v) is 15.8. The molecule has 0 aromatic heterocycles. The monoisotopic (exact) mass is 384 g/mol. The van der Waals surface area contributed by atoms with E-state index >= 15 is 0 Å². The number of benzene rings is 3. The van der Waals surface area contributed by atoms with E-state index in [0.29, 0.717) is 33.0 Å². The summed E-state index contributed by atoms with van der Waals surface area (Å²) in [6.07, 6.45) is 1.24. The van der Waals surface area contributed by atoms with Crippen LogP contribution in [0.5, 0.6) is 5.75 Å². The highest BCUT2D eigenvalue weighted by Gasteiger charge is 2.29. The number of rotatable bonds is 3. The van der Waals surface area contributed by atoms with E-state index in [9.17, 15) is 19.2 Å². The molecular weight excluding hydrogens is 368 g/mol. The van der Waals surface area contributed by atoms with Crippen LogP contribution < -0.4 is 4.74 Å². The number of carbonyl (C=O) groups is 4. The average molecular weight is 384 g/mol. The van der Waals surface area contributed by atoms with Crippen LogP contribution in [0.4, 0.5) is 0 Å². The van der Waals surface area contributed by atoms with Crippen LogP contribution in [0.25, 0.3) is 16.3 Å². The summed E-state index contributed by atoms with van der Waals surface area (Å²) in [6.45, 7) is 2.74. The van der Waals surface area contributed by atoms with Gasteiger partial charge in [0.15, 0.2) is 5.78 Å². The molecule has 29 heavy (non-hydrogen) atoms. The lowest BCUT2D eigenvalue weighted by Crippen LogP contribution is -2.19. The summed E-state index contributed by atoms with van der Waals surface area (Å²) in [5, 5.41) is 1.22. The van der Waals surface area contributed by atoms with Gasteiger partial charge in [-0.1, -0.05) is 48.5 Å². The average Bonchev–Trinajstić information content (AvgIpc) is 2.70. The molecule has 4 rings (SSSR count). The summed E-state index contributed by atoms with van der Waals surface area (Å²) >= 11 is 0. The molecule has 0 bridgehead atoms. The minimum absolute atomic E-state index is 0.163. The number of ether oxygens (including phenoxy) is 1. The zero-order chi connectivity index (χ0) is 20.7. The third kappa shape index (κ3) is 3.06. The van der Waals surface area contributed by atoms with Crippen LogP contribution in [0.1, 0.15) is 45.7 Å². The largest absolute Gasteiger partial charge is 0.425 e. The van der Waals surface area contributed by atoms with Crippen LogP contribution in [0.3, 0.4) is 0 Å². The summed E-state index contributed by atoms with van der Waals surface area (Å²) in [6, 6.07) is 15.5. The van der Waals surface area contributed by atoms with E-state index in [1.54, 1.807) is 54.6 Å². The molecular formula is C24H16O5. The summed E-state index contributed by atoms with van der Waals surface area (Å²) in [5.74, 6) is -1.69. The highest BCUT2D eigenvalue weighted by Crippen LogP contribution is 2.41. The van der Waals surface area contributed by atoms with Gasteiger partial charge in [0.05, 0.1) is 0 Å². The van der Waals surface area contributed by atoms with Crippen LogP contribution in [0, 0.1) is 0 Å². The van der Waals surface area contributed by atoms with Gasteiger partial charge in [-0.2, -0.15) is 0 Å². The van der Waals surface area contributed by atoms with Gasteiger partial charge in [-0.05, 0) is 35.6 Å². The molecule has 0 aliphatic heterocycles. The maximum absolute atomic E-state index is 12.4. The first-order valence-electron chi connectivity index (χ1n) is 9.03. The quantitative estimate of drug-likeness (QED) is 0.293. The first-order chi connectivity index (χ1) is 13.9. The van der Waals surface area contributed by atoms with Crippen molar-refractivity contribution in [1.29, 1.82) is 0 Å². The first-order valence-corrected chi connectivity index (χ1v) is 9.03. The molecule has 3 aromatic rings. The first kappa shape index (κ1) is 18.5. The third-order valence-corrected chi connectivity index (χ3v) is 4.87. The van der Waals surface area contributed by atoms with Crippen LogP contribution in [-0.2, 0) is 9.59 Å². The third-order valence-electron chi connectivity index (χ3n) is 4.87. The van der Waals surface area contributed by atoms with Crippen LogP contribution in [0.15, 0.2) is 60.7 Å². The van der Waals surface area contributed by atoms with Crippen molar-refractivity contribution in [2.45, 2.75) is 13.8 Å². The summed E-state index contributed by atoms with van der Waals surface area (Å²) in [5.41, 5.74) is 2.12. The van der Waals surface area contributed by atoms with Crippen molar-refractivity contribution in [3.8, 4) is 5.75 Å². The molecule has 1 aliphatic carbocycles. The topological polar surface area (TPSA) is 77.5 Å². The van der Waals surface area contributed by atoms with Crippen molar-refractivity contribution in [1.82, 2.24) is 0 Å². The van der Waals surface area contributed by atoms with Crippen molar-refractivity contribution in [2.75, 3.05) is 0 Å². The second-order valence-electron chi connectivity index (χ2n) is 6.79. The Balaban J connectivity index is 2.12. The van der Waals surface area contributed by atoms with E-state index in [2.05, 4.69) is 0 Å². The fraction of sp³-hybridized carbons (Fsp3) is 0.0833. The molecule has 5 heteroatoms. The Bertz CT molecular complexity index is 1260. The molecule has 0 saturated heterocycles. The lowest BCUT2D eigenvalue weighted by molar-refractivity contribution is -0.131. The number of hydrogen-bond acceptors (Lipinski definition) is 5. The second kappa shape index (κ2) is 6.95. The minimum Gasteiger partial charge on any atom is -0.425 e. The molecule has 0 N–H and O–H groups in total. The maximum atomic E-state index is 12.4. The number of carbonyl (C=O) groups excluding carboxylic acids is 4. The summed E-state index contributed by atoms with van der Waals surface area (Å²) in [4.78, 5) is 48.9. The minimum atomic E-state index is -0.662. The van der Waals surface area contributed by atoms with Crippen molar-refractivity contribution >= 4 is 39.7 Å². The van der Waals surface area contributed by atoms with E-state index in [1.165, 1.54) is 19.9 Å². The lowest BCUT2D eigenvalue weighted by atomic mass is 9.83. The number of Topliss-reactive ketones (excluding diaryl/α,β-unsaturated/α-hetero) is 2. The normalized spacial score (nSPS) is 13.1. The molecule has 0 heterocycles. The predicted octanol–water partition coefficient (Wildman–Crippen LogP) is 4.16. The van der Waals surface area contributed by atoms with Gasteiger partial charge in [-0.25, -0.2) is 0 Å². The van der Waals surface area contributed by atoms with E-state index in [0.717, 1.165) is 0 Å². The van der Waals surface area contributed by atoms with E-state index < -0.39 is 17.5 Å². The van der Waals surface area contributed by atoms with E-state index in [4.69, 9.17) is 4.74 Å². The zero-order valence-electron chi connectivity index (χ0n) is 15.8. The second-order valence-corrected chi connectivity index (χ2v) is 6.79. The Morgan fingerprint density at radius 3 is 2.07 bits per heavy atom. The maximum Gasteiger partial charge on any atom is 0.308 e. The summed E-state index contributed by atoms with van der Waals surface area (Å²) < 4.78 is 5.54. The Morgan fingerprint density at radius 2 is 1.41 bits per heavy atom. The number of esters is 1. The van der Waals surface area contributed by atoms with Gasteiger partial charge >= 0.3 is 5.97 Å². The van der Waals surface area contributed by atoms with Crippen LogP contribution >= 0.6 is 0 Å². The standard InChI is InChI=1S/C24H16O5/c1-13(25)19-11-21(24(29-14(2)26)18-10-6-4-8-16(18)19)20-12-22(27)23(28)17-9-5-3-7-15(17)20/h3-12H,1-2H3. The molecule has 0 spiro atoms. The highest BCUT2D eigenvalue weighted by molar-refractivity contribution is 6.51. The predicted molar refractivity (Wildman–Crippen MR) is 108 cm³/mol. The van der Waals surface area contributed by atoms with Gasteiger partial charge in [0.25, 0.3) is 0 Å². The van der Waals surface area contributed by atoms with Gasteiger partial charge in [-0.3, -0.25) is 19.2 Å². The molecule has 0 saturated carbocycles. The van der Waals surface area contributed by atoms with Crippen molar-refractivity contribution < 1.29 is 23.9 Å². The molecule has 0 radical (unpaired) electrons. The number of fused-ring (bicyclic) bond motifs is 2. The lowest BCUT2D eigenvalue weighted by Gasteiger charge is -2.21. The fourth-order valence-corrected chi connectivity index (χ4v) is 3.64.